The van der Waals surface area contributed by atoms with Gasteiger partial charge < -0.3 is 15.2 Å². The standard InChI is InChI=1S/C26H25NO4/c1-19-7-9-22(10-8-19)18-31-23-14-11-20(12-15-23)13-16-25(28)27-24(26(29)30)17-21-5-3-2-4-6-21/h2-16,24H,17-18H2,1H3,(H,27,28)(H,29,30)/b16-13+/t24-/m0/s1. The second-order valence-electron chi connectivity index (χ2n) is 7.27. The lowest BCUT2D eigenvalue weighted by atomic mass is 10.1. The van der Waals surface area contributed by atoms with Gasteiger partial charge in [-0.3, -0.25) is 4.79 Å². The van der Waals surface area contributed by atoms with Crippen molar-refractivity contribution in [2.75, 3.05) is 0 Å². The zero-order chi connectivity index (χ0) is 22.1. The Morgan fingerprint density at radius 1 is 0.935 bits per heavy atom. The van der Waals surface area contributed by atoms with E-state index in [1.165, 1.54) is 11.6 Å². The zero-order valence-corrected chi connectivity index (χ0v) is 17.3. The van der Waals surface area contributed by atoms with Gasteiger partial charge in [0.05, 0.1) is 0 Å². The van der Waals surface area contributed by atoms with Gasteiger partial charge in [-0.1, -0.05) is 72.3 Å². The highest BCUT2D eigenvalue weighted by Gasteiger charge is 2.19. The third-order valence-corrected chi connectivity index (χ3v) is 4.73. The Balaban J connectivity index is 1.52. The van der Waals surface area contributed by atoms with Gasteiger partial charge >= 0.3 is 5.97 Å². The van der Waals surface area contributed by atoms with Crippen LogP contribution >= 0.6 is 0 Å². The van der Waals surface area contributed by atoms with Crippen LogP contribution < -0.4 is 10.1 Å². The Labute approximate surface area is 182 Å². The van der Waals surface area contributed by atoms with Crippen LogP contribution in [0.25, 0.3) is 6.08 Å². The van der Waals surface area contributed by atoms with Crippen LogP contribution in [0.3, 0.4) is 0 Å². The van der Waals surface area contributed by atoms with Crippen LogP contribution in [-0.4, -0.2) is 23.0 Å². The minimum atomic E-state index is -1.07. The molecular weight excluding hydrogens is 390 g/mol. The average Bonchev–Trinajstić information content (AvgIpc) is 2.78. The maximum Gasteiger partial charge on any atom is 0.326 e. The van der Waals surface area contributed by atoms with Gasteiger partial charge in [0.15, 0.2) is 0 Å². The Kier molecular flexibility index (Phi) is 7.60. The van der Waals surface area contributed by atoms with E-state index in [0.717, 1.165) is 22.4 Å². The molecule has 2 N–H and O–H groups in total. The summed E-state index contributed by atoms with van der Waals surface area (Å²) in [5.41, 5.74) is 3.96. The van der Waals surface area contributed by atoms with E-state index in [1.807, 2.05) is 85.8 Å². The number of hydrogen-bond acceptors (Lipinski definition) is 3. The number of aliphatic carboxylic acids is 1. The normalized spacial score (nSPS) is 11.8. The van der Waals surface area contributed by atoms with Crippen LogP contribution in [0.2, 0.25) is 0 Å². The summed E-state index contributed by atoms with van der Waals surface area (Å²) in [5.74, 6) is -0.792. The van der Waals surface area contributed by atoms with Crippen molar-refractivity contribution in [3.8, 4) is 5.75 Å². The molecular formula is C26H25NO4. The van der Waals surface area contributed by atoms with Gasteiger partial charge in [-0.2, -0.15) is 0 Å². The monoisotopic (exact) mass is 415 g/mol. The van der Waals surface area contributed by atoms with Crippen molar-refractivity contribution in [3.63, 3.8) is 0 Å². The molecule has 0 radical (unpaired) electrons. The van der Waals surface area contributed by atoms with Gasteiger partial charge in [-0.15, -0.1) is 0 Å². The van der Waals surface area contributed by atoms with Gasteiger partial charge in [0.25, 0.3) is 0 Å². The average molecular weight is 415 g/mol. The van der Waals surface area contributed by atoms with Crippen molar-refractivity contribution >= 4 is 18.0 Å². The number of benzene rings is 3. The molecule has 0 bridgehead atoms. The van der Waals surface area contributed by atoms with Crippen molar-refractivity contribution < 1.29 is 19.4 Å². The minimum Gasteiger partial charge on any atom is -0.489 e. The predicted octanol–water partition coefficient (Wildman–Crippen LogP) is 4.40. The second kappa shape index (κ2) is 10.8. The highest BCUT2D eigenvalue weighted by molar-refractivity contribution is 5.94. The van der Waals surface area contributed by atoms with Crippen molar-refractivity contribution in [2.45, 2.75) is 26.0 Å². The van der Waals surface area contributed by atoms with E-state index < -0.39 is 17.9 Å². The van der Waals surface area contributed by atoms with Crippen LogP contribution in [0, 0.1) is 6.92 Å². The number of aryl methyl sites for hydroxylation is 1. The Morgan fingerprint density at radius 3 is 2.26 bits per heavy atom. The van der Waals surface area contributed by atoms with Crippen LogP contribution in [0.4, 0.5) is 0 Å². The van der Waals surface area contributed by atoms with E-state index in [0.29, 0.717) is 6.61 Å². The fourth-order valence-corrected chi connectivity index (χ4v) is 2.97. The lowest BCUT2D eigenvalue weighted by Crippen LogP contribution is -2.41. The molecule has 0 unspecified atom stereocenters. The summed E-state index contributed by atoms with van der Waals surface area (Å²) >= 11 is 0. The summed E-state index contributed by atoms with van der Waals surface area (Å²) in [6, 6.07) is 23.7. The number of carboxylic acid groups (broad SMARTS) is 1. The van der Waals surface area contributed by atoms with Gasteiger partial charge in [-0.05, 0) is 41.8 Å². The number of amides is 1. The molecule has 0 aromatic heterocycles. The lowest BCUT2D eigenvalue weighted by Gasteiger charge is -2.13. The quantitative estimate of drug-likeness (QED) is 0.508. The van der Waals surface area contributed by atoms with Crippen LogP contribution in [0.5, 0.6) is 5.75 Å². The molecule has 0 fully saturated rings. The highest BCUT2D eigenvalue weighted by Crippen LogP contribution is 2.15. The van der Waals surface area contributed by atoms with Gasteiger partial charge in [0.1, 0.15) is 18.4 Å². The first kappa shape index (κ1) is 21.8. The van der Waals surface area contributed by atoms with Crippen molar-refractivity contribution in [1.82, 2.24) is 5.32 Å². The zero-order valence-electron chi connectivity index (χ0n) is 17.3. The molecule has 1 atom stereocenters. The van der Waals surface area contributed by atoms with Gasteiger partial charge in [-0.25, -0.2) is 4.79 Å². The molecule has 3 aromatic rings. The van der Waals surface area contributed by atoms with E-state index in [-0.39, 0.29) is 6.42 Å². The molecule has 3 aromatic carbocycles. The molecule has 0 aliphatic rings. The van der Waals surface area contributed by atoms with Gasteiger partial charge in [0, 0.05) is 12.5 Å². The molecule has 0 saturated carbocycles. The predicted molar refractivity (Wildman–Crippen MR) is 121 cm³/mol. The van der Waals surface area contributed by atoms with Crippen molar-refractivity contribution in [1.29, 1.82) is 0 Å². The SMILES string of the molecule is Cc1ccc(COc2ccc(/C=C/C(=O)N[C@@H](Cc3ccccc3)C(=O)O)cc2)cc1. The topological polar surface area (TPSA) is 75.6 Å². The number of hydrogen-bond donors (Lipinski definition) is 2. The smallest absolute Gasteiger partial charge is 0.326 e. The molecule has 0 heterocycles. The number of carboxylic acids is 1. The molecule has 158 valence electrons. The fraction of sp³-hybridized carbons (Fsp3) is 0.154. The summed E-state index contributed by atoms with van der Waals surface area (Å²) in [5, 5.41) is 11.9. The van der Waals surface area contributed by atoms with E-state index in [1.54, 1.807) is 6.08 Å². The molecule has 0 aliphatic carbocycles. The molecule has 0 spiro atoms. The Morgan fingerprint density at radius 2 is 1.61 bits per heavy atom. The first-order chi connectivity index (χ1) is 15.0. The molecule has 3 rings (SSSR count). The van der Waals surface area contributed by atoms with Crippen LogP contribution in [0.15, 0.2) is 84.9 Å². The number of carbonyl (C=O) groups excluding carboxylic acids is 1. The second-order valence-corrected chi connectivity index (χ2v) is 7.27. The minimum absolute atomic E-state index is 0.225. The molecule has 5 heteroatoms. The summed E-state index contributed by atoms with van der Waals surface area (Å²) in [7, 11) is 0. The fourth-order valence-electron chi connectivity index (χ4n) is 2.97. The van der Waals surface area contributed by atoms with E-state index >= 15 is 0 Å². The molecule has 5 nitrogen and oxygen atoms in total. The third kappa shape index (κ3) is 7.16. The molecule has 0 saturated heterocycles. The summed E-state index contributed by atoms with van der Waals surface area (Å²) in [6.45, 7) is 2.53. The highest BCUT2D eigenvalue weighted by atomic mass is 16.5. The molecule has 1 amide bonds. The summed E-state index contributed by atoms with van der Waals surface area (Å²) in [6.07, 6.45) is 3.20. The first-order valence-electron chi connectivity index (χ1n) is 10.0. The number of carbonyl (C=O) groups is 2. The van der Waals surface area contributed by atoms with Gasteiger partial charge in [0.2, 0.25) is 5.91 Å². The largest absolute Gasteiger partial charge is 0.489 e. The number of nitrogens with one attached hydrogen (secondary N) is 1. The van der Waals surface area contributed by atoms with E-state index in [9.17, 15) is 14.7 Å². The van der Waals surface area contributed by atoms with E-state index in [4.69, 9.17) is 4.74 Å². The Bertz CT molecular complexity index is 1030. The Hall–Kier alpha value is -3.86. The molecule has 31 heavy (non-hydrogen) atoms. The van der Waals surface area contributed by atoms with Crippen molar-refractivity contribution in [3.05, 3.63) is 107 Å². The van der Waals surface area contributed by atoms with Crippen LogP contribution in [0.1, 0.15) is 22.3 Å². The maximum atomic E-state index is 12.2. The third-order valence-electron chi connectivity index (χ3n) is 4.73. The van der Waals surface area contributed by atoms with Crippen molar-refractivity contribution in [2.24, 2.45) is 0 Å². The first-order valence-corrected chi connectivity index (χ1v) is 10.0. The lowest BCUT2D eigenvalue weighted by molar-refractivity contribution is -0.141. The molecule has 0 aliphatic heterocycles. The van der Waals surface area contributed by atoms with Crippen LogP contribution in [-0.2, 0) is 22.6 Å². The summed E-state index contributed by atoms with van der Waals surface area (Å²) in [4.78, 5) is 23.7. The number of ether oxygens (including phenoxy) is 1. The van der Waals surface area contributed by atoms with E-state index in [2.05, 4.69) is 5.32 Å². The maximum absolute atomic E-state index is 12.2. The number of rotatable bonds is 9. The summed E-state index contributed by atoms with van der Waals surface area (Å²) < 4.78 is 5.78.